The summed E-state index contributed by atoms with van der Waals surface area (Å²) in [5.41, 5.74) is -0.302. The van der Waals surface area contributed by atoms with Crippen LogP contribution >= 0.6 is 23.2 Å². The van der Waals surface area contributed by atoms with Gasteiger partial charge in [-0.1, -0.05) is 49.0 Å². The first kappa shape index (κ1) is 15.4. The fourth-order valence-electron chi connectivity index (χ4n) is 2.32. The van der Waals surface area contributed by atoms with Gasteiger partial charge in [-0.3, -0.25) is 0 Å². The number of aromatic nitrogens is 2. The molecule has 2 aromatic rings. The van der Waals surface area contributed by atoms with E-state index in [1.165, 1.54) is 0 Å². The Morgan fingerprint density at radius 2 is 2.15 bits per heavy atom. The third kappa shape index (κ3) is 3.54. The molecule has 0 bridgehead atoms. The van der Waals surface area contributed by atoms with E-state index < -0.39 is 5.60 Å². The first-order valence-corrected chi connectivity index (χ1v) is 7.44. The quantitative estimate of drug-likeness (QED) is 0.865. The molecule has 0 aliphatic heterocycles. The Balaban J connectivity index is 2.34. The van der Waals surface area contributed by atoms with E-state index in [0.29, 0.717) is 28.6 Å². The maximum atomic E-state index is 11.1. The zero-order valence-corrected chi connectivity index (χ0v) is 12.9. The van der Waals surface area contributed by atoms with Crippen LogP contribution in [0.3, 0.4) is 0 Å². The van der Waals surface area contributed by atoms with Crippen molar-refractivity contribution in [2.45, 2.75) is 38.3 Å². The lowest BCUT2D eigenvalue weighted by molar-refractivity contribution is 0.00759. The van der Waals surface area contributed by atoms with Gasteiger partial charge in [0.25, 0.3) is 0 Å². The summed E-state index contributed by atoms with van der Waals surface area (Å²) < 4.78 is 1.86. The highest BCUT2D eigenvalue weighted by atomic mass is 35.5. The Morgan fingerprint density at radius 1 is 1.35 bits per heavy atom. The van der Waals surface area contributed by atoms with Crippen molar-refractivity contribution in [1.29, 1.82) is 0 Å². The maximum absolute atomic E-state index is 11.1. The van der Waals surface area contributed by atoms with Crippen molar-refractivity contribution >= 4 is 23.2 Å². The monoisotopic (exact) mass is 312 g/mol. The van der Waals surface area contributed by atoms with Gasteiger partial charge in [0.2, 0.25) is 0 Å². The van der Waals surface area contributed by atoms with Crippen LogP contribution in [0, 0.1) is 0 Å². The Hall–Kier alpha value is -1.03. The molecule has 0 saturated carbocycles. The number of rotatable bonds is 6. The molecule has 0 radical (unpaired) electrons. The molecule has 2 rings (SSSR count). The van der Waals surface area contributed by atoms with Crippen molar-refractivity contribution in [2.24, 2.45) is 0 Å². The molecule has 0 aliphatic carbocycles. The summed E-state index contributed by atoms with van der Waals surface area (Å²) in [4.78, 5) is 4.01. The first-order valence-electron chi connectivity index (χ1n) is 6.69. The molecule has 0 amide bonds. The molecule has 1 heterocycles. The minimum absolute atomic E-state index is 0.425. The number of hydrogen-bond acceptors (Lipinski definition) is 2. The van der Waals surface area contributed by atoms with Gasteiger partial charge < -0.3 is 9.67 Å². The molecule has 108 valence electrons. The molecule has 1 N–H and O–H groups in total. The smallest absolute Gasteiger partial charge is 0.109 e. The lowest BCUT2D eigenvalue weighted by atomic mass is 9.88. The molecule has 0 saturated heterocycles. The van der Waals surface area contributed by atoms with Crippen molar-refractivity contribution in [2.75, 3.05) is 0 Å². The van der Waals surface area contributed by atoms with Crippen molar-refractivity contribution in [3.63, 3.8) is 0 Å². The van der Waals surface area contributed by atoms with Crippen molar-refractivity contribution in [1.82, 2.24) is 9.55 Å². The molecule has 0 spiro atoms. The van der Waals surface area contributed by atoms with Crippen LogP contribution in [0.25, 0.3) is 0 Å². The molecule has 1 atom stereocenters. The third-order valence-corrected chi connectivity index (χ3v) is 3.93. The van der Waals surface area contributed by atoms with E-state index in [1.54, 1.807) is 30.7 Å². The minimum Gasteiger partial charge on any atom is -0.383 e. The van der Waals surface area contributed by atoms with E-state index in [2.05, 4.69) is 11.9 Å². The summed E-state index contributed by atoms with van der Waals surface area (Å²) in [6, 6.07) is 5.23. The van der Waals surface area contributed by atoms with Gasteiger partial charge in [-0.25, -0.2) is 4.98 Å². The first-order chi connectivity index (χ1) is 9.55. The second-order valence-corrected chi connectivity index (χ2v) is 5.84. The highest BCUT2D eigenvalue weighted by Crippen LogP contribution is 2.35. The van der Waals surface area contributed by atoms with Crippen LogP contribution < -0.4 is 0 Å². The van der Waals surface area contributed by atoms with Gasteiger partial charge >= 0.3 is 0 Å². The van der Waals surface area contributed by atoms with Gasteiger partial charge in [0.05, 0.1) is 12.9 Å². The molecular formula is C15H18Cl2N2O. The van der Waals surface area contributed by atoms with E-state index in [0.717, 1.165) is 12.8 Å². The van der Waals surface area contributed by atoms with Crippen molar-refractivity contribution in [3.8, 4) is 0 Å². The Labute approximate surface area is 129 Å². The summed E-state index contributed by atoms with van der Waals surface area (Å²) in [5.74, 6) is 0. The number of halogens is 2. The summed E-state index contributed by atoms with van der Waals surface area (Å²) in [5, 5.41) is 12.1. The van der Waals surface area contributed by atoms with Crippen LogP contribution in [0.2, 0.25) is 10.0 Å². The van der Waals surface area contributed by atoms with Gasteiger partial charge in [-0.05, 0) is 18.6 Å². The van der Waals surface area contributed by atoms with Crippen LogP contribution in [-0.4, -0.2) is 14.7 Å². The normalized spacial score (nSPS) is 14.2. The van der Waals surface area contributed by atoms with Gasteiger partial charge in [0.15, 0.2) is 0 Å². The summed E-state index contributed by atoms with van der Waals surface area (Å²) >= 11 is 12.2. The van der Waals surface area contributed by atoms with Crippen LogP contribution in [0.15, 0.2) is 36.9 Å². The lowest BCUT2D eigenvalue weighted by Gasteiger charge is -2.30. The number of nitrogens with zero attached hydrogens (tertiary/aromatic N) is 2. The molecule has 1 unspecified atom stereocenters. The number of aliphatic hydroxyl groups is 1. The number of hydrogen-bond donors (Lipinski definition) is 1. The predicted octanol–water partition coefficient (Wildman–Crippen LogP) is 4.27. The standard InChI is InChI=1S/C15H18Cl2N2O/c1-2-3-6-15(20,10-19-8-7-18-11-19)13-5-4-12(16)9-14(13)17/h4-5,7-9,11,20H,2-3,6,10H2,1H3. The Morgan fingerprint density at radius 3 is 2.75 bits per heavy atom. The molecule has 3 nitrogen and oxygen atoms in total. The van der Waals surface area contributed by atoms with Crippen LogP contribution in [0.5, 0.6) is 0 Å². The molecule has 1 aromatic carbocycles. The second kappa shape index (κ2) is 6.61. The highest BCUT2D eigenvalue weighted by Gasteiger charge is 2.31. The molecule has 0 fully saturated rings. The molecular weight excluding hydrogens is 295 g/mol. The summed E-state index contributed by atoms with van der Waals surface area (Å²) in [7, 11) is 0. The fraction of sp³-hybridized carbons (Fsp3) is 0.400. The van der Waals surface area contributed by atoms with Gasteiger partial charge in [-0.2, -0.15) is 0 Å². The molecule has 1 aromatic heterocycles. The fourth-order valence-corrected chi connectivity index (χ4v) is 2.90. The zero-order chi connectivity index (χ0) is 14.6. The Kier molecular flexibility index (Phi) is 5.08. The third-order valence-electron chi connectivity index (χ3n) is 3.38. The second-order valence-electron chi connectivity index (χ2n) is 4.99. The lowest BCUT2D eigenvalue weighted by Crippen LogP contribution is -2.31. The predicted molar refractivity (Wildman–Crippen MR) is 82.1 cm³/mol. The van der Waals surface area contributed by atoms with Gasteiger partial charge in [-0.15, -0.1) is 0 Å². The van der Waals surface area contributed by atoms with Gasteiger partial charge in [0, 0.05) is 28.0 Å². The summed E-state index contributed by atoms with van der Waals surface area (Å²) in [6.07, 6.45) is 7.80. The summed E-state index contributed by atoms with van der Waals surface area (Å²) in [6.45, 7) is 2.52. The van der Waals surface area contributed by atoms with Crippen LogP contribution in [-0.2, 0) is 12.1 Å². The van der Waals surface area contributed by atoms with E-state index in [9.17, 15) is 5.11 Å². The van der Waals surface area contributed by atoms with Crippen LogP contribution in [0.4, 0.5) is 0 Å². The average molecular weight is 313 g/mol. The molecule has 5 heteroatoms. The number of unbranched alkanes of at least 4 members (excludes halogenated alkanes) is 1. The van der Waals surface area contributed by atoms with E-state index in [4.69, 9.17) is 23.2 Å². The SMILES string of the molecule is CCCCC(O)(Cn1ccnc1)c1ccc(Cl)cc1Cl. The average Bonchev–Trinajstić information content (AvgIpc) is 2.88. The topological polar surface area (TPSA) is 38.0 Å². The van der Waals surface area contributed by atoms with E-state index in [-0.39, 0.29) is 0 Å². The van der Waals surface area contributed by atoms with E-state index >= 15 is 0 Å². The molecule has 0 aliphatic rings. The zero-order valence-electron chi connectivity index (χ0n) is 11.4. The highest BCUT2D eigenvalue weighted by molar-refractivity contribution is 6.35. The number of imidazole rings is 1. The van der Waals surface area contributed by atoms with Crippen LogP contribution in [0.1, 0.15) is 31.7 Å². The van der Waals surface area contributed by atoms with Crippen molar-refractivity contribution in [3.05, 3.63) is 52.5 Å². The van der Waals surface area contributed by atoms with Gasteiger partial charge in [0.1, 0.15) is 5.60 Å². The number of benzene rings is 1. The Bertz CT molecular complexity index is 557. The minimum atomic E-state index is -1.02. The van der Waals surface area contributed by atoms with E-state index in [1.807, 2.05) is 10.8 Å². The molecule has 20 heavy (non-hydrogen) atoms. The maximum Gasteiger partial charge on any atom is 0.109 e. The largest absolute Gasteiger partial charge is 0.383 e. The van der Waals surface area contributed by atoms with Crippen molar-refractivity contribution < 1.29 is 5.11 Å².